The number of aliphatic hydroxyl groups excluding tert-OH is 1. The Kier molecular flexibility index (Phi) is 9.57. The van der Waals surface area contributed by atoms with Crippen molar-refractivity contribution >= 4 is 11.8 Å². The van der Waals surface area contributed by atoms with Gasteiger partial charge in [0.15, 0.2) is 0 Å². The first-order valence-corrected chi connectivity index (χ1v) is 5.88. The highest BCUT2D eigenvalue weighted by Crippen LogP contribution is 2.00. The Hall–Kier alpha value is 0.270. The first-order valence-electron chi connectivity index (χ1n) is 4.73. The molecule has 0 aromatic carbocycles. The molecule has 0 amide bonds. The van der Waals surface area contributed by atoms with Gasteiger partial charge < -0.3 is 10.4 Å². The van der Waals surface area contributed by atoms with E-state index in [1.807, 2.05) is 11.8 Å². The van der Waals surface area contributed by atoms with Crippen LogP contribution in [0.3, 0.4) is 0 Å². The van der Waals surface area contributed by atoms with Gasteiger partial charge in [0.25, 0.3) is 0 Å². The van der Waals surface area contributed by atoms with Crippen LogP contribution in [0.2, 0.25) is 0 Å². The summed E-state index contributed by atoms with van der Waals surface area (Å²) in [5, 5.41) is 12.0. The van der Waals surface area contributed by atoms with Gasteiger partial charge in [0.1, 0.15) is 0 Å². The Labute approximate surface area is 80.1 Å². The van der Waals surface area contributed by atoms with E-state index < -0.39 is 0 Å². The molecule has 0 aliphatic rings. The molecule has 1 atom stereocenters. The molecule has 0 heterocycles. The molecule has 0 aliphatic heterocycles. The Morgan fingerprint density at radius 2 is 2.25 bits per heavy atom. The molecule has 12 heavy (non-hydrogen) atoms. The smallest absolute Gasteiger partial charge is 0.0445 e. The predicted molar refractivity (Wildman–Crippen MR) is 56.8 cm³/mol. The Bertz CT molecular complexity index is 90.6. The van der Waals surface area contributed by atoms with Gasteiger partial charge in [-0.2, -0.15) is 11.8 Å². The van der Waals surface area contributed by atoms with Crippen molar-refractivity contribution in [3.63, 3.8) is 0 Å². The highest BCUT2D eigenvalue weighted by molar-refractivity contribution is 7.99. The first-order chi connectivity index (χ1) is 5.81. The Balaban J connectivity index is 2.97. The maximum Gasteiger partial charge on any atom is 0.0445 e. The number of hydrogen-bond donors (Lipinski definition) is 2. The van der Waals surface area contributed by atoms with Gasteiger partial charge in [-0.3, -0.25) is 0 Å². The topological polar surface area (TPSA) is 32.3 Å². The van der Waals surface area contributed by atoms with Gasteiger partial charge in [-0.25, -0.2) is 0 Å². The SMILES string of the molecule is CCSCCCNC(C)CCO. The van der Waals surface area contributed by atoms with Crippen LogP contribution < -0.4 is 5.32 Å². The highest BCUT2D eigenvalue weighted by Gasteiger charge is 1.97. The minimum Gasteiger partial charge on any atom is -0.396 e. The van der Waals surface area contributed by atoms with E-state index in [4.69, 9.17) is 5.11 Å². The van der Waals surface area contributed by atoms with Crippen molar-refractivity contribution in [2.45, 2.75) is 32.7 Å². The molecule has 0 aliphatic carbocycles. The van der Waals surface area contributed by atoms with Gasteiger partial charge in [-0.15, -0.1) is 0 Å². The first kappa shape index (κ1) is 12.3. The summed E-state index contributed by atoms with van der Waals surface area (Å²) >= 11 is 1.98. The van der Waals surface area contributed by atoms with Gasteiger partial charge in [-0.05, 0) is 37.8 Å². The normalized spacial score (nSPS) is 13.2. The van der Waals surface area contributed by atoms with Crippen LogP contribution in [0, 0.1) is 0 Å². The second-order valence-electron chi connectivity index (χ2n) is 2.92. The van der Waals surface area contributed by atoms with Crippen molar-refractivity contribution in [2.75, 3.05) is 24.7 Å². The molecule has 3 heteroatoms. The molecular weight excluding hydrogens is 170 g/mol. The largest absolute Gasteiger partial charge is 0.396 e. The zero-order valence-corrected chi connectivity index (χ0v) is 8.99. The van der Waals surface area contributed by atoms with Gasteiger partial charge in [-0.1, -0.05) is 6.92 Å². The van der Waals surface area contributed by atoms with Crippen LogP contribution in [0.4, 0.5) is 0 Å². The van der Waals surface area contributed by atoms with Crippen molar-refractivity contribution in [2.24, 2.45) is 0 Å². The van der Waals surface area contributed by atoms with E-state index in [9.17, 15) is 0 Å². The maximum atomic E-state index is 8.63. The minimum atomic E-state index is 0.290. The number of hydrogen-bond acceptors (Lipinski definition) is 3. The molecule has 0 saturated heterocycles. The summed E-state index contributed by atoms with van der Waals surface area (Å²) in [7, 11) is 0. The molecule has 2 N–H and O–H groups in total. The van der Waals surface area contributed by atoms with Gasteiger partial charge in [0.2, 0.25) is 0 Å². The molecule has 0 bridgehead atoms. The fourth-order valence-electron chi connectivity index (χ4n) is 0.963. The summed E-state index contributed by atoms with van der Waals surface area (Å²) in [6.45, 7) is 5.67. The molecule has 1 unspecified atom stereocenters. The standard InChI is InChI=1S/C9H21NOS/c1-3-12-8-4-6-10-9(2)5-7-11/h9-11H,3-8H2,1-2H3. The lowest BCUT2D eigenvalue weighted by molar-refractivity contribution is 0.269. The average Bonchev–Trinajstić information content (AvgIpc) is 2.05. The molecule has 0 radical (unpaired) electrons. The monoisotopic (exact) mass is 191 g/mol. The van der Waals surface area contributed by atoms with Crippen molar-refractivity contribution < 1.29 is 5.11 Å². The summed E-state index contributed by atoms with van der Waals surface area (Å²) in [6.07, 6.45) is 2.09. The number of nitrogens with one attached hydrogen (secondary N) is 1. The predicted octanol–water partition coefficient (Wildman–Crippen LogP) is 1.49. The molecule has 0 saturated carbocycles. The number of thioether (sulfide) groups is 1. The molecule has 2 nitrogen and oxygen atoms in total. The Morgan fingerprint density at radius 1 is 1.50 bits per heavy atom. The fraction of sp³-hybridized carbons (Fsp3) is 1.00. The molecule has 0 spiro atoms. The van der Waals surface area contributed by atoms with Gasteiger partial charge in [0.05, 0.1) is 0 Å². The average molecular weight is 191 g/mol. The van der Waals surface area contributed by atoms with Crippen LogP contribution >= 0.6 is 11.8 Å². The number of rotatable bonds is 8. The van der Waals surface area contributed by atoms with E-state index >= 15 is 0 Å². The lowest BCUT2D eigenvalue weighted by Crippen LogP contribution is -2.28. The van der Waals surface area contributed by atoms with E-state index in [1.54, 1.807) is 0 Å². The Morgan fingerprint density at radius 3 is 2.83 bits per heavy atom. The summed E-state index contributed by atoms with van der Waals surface area (Å²) in [5.41, 5.74) is 0. The van der Waals surface area contributed by atoms with Crippen LogP contribution in [-0.2, 0) is 0 Å². The van der Waals surface area contributed by atoms with Crippen molar-refractivity contribution in [1.82, 2.24) is 5.32 Å². The summed E-state index contributed by atoms with van der Waals surface area (Å²) in [5.74, 6) is 2.46. The van der Waals surface area contributed by atoms with Crippen molar-refractivity contribution in [3.8, 4) is 0 Å². The highest BCUT2D eigenvalue weighted by atomic mass is 32.2. The zero-order valence-electron chi connectivity index (χ0n) is 8.18. The fourth-order valence-corrected chi connectivity index (χ4v) is 1.60. The molecule has 0 fully saturated rings. The second kappa shape index (κ2) is 9.36. The summed E-state index contributed by atoms with van der Waals surface area (Å²) in [6, 6.07) is 0.460. The lowest BCUT2D eigenvalue weighted by atomic mass is 10.2. The summed E-state index contributed by atoms with van der Waals surface area (Å²) < 4.78 is 0. The minimum absolute atomic E-state index is 0.290. The lowest BCUT2D eigenvalue weighted by Gasteiger charge is -2.11. The van der Waals surface area contributed by atoms with Gasteiger partial charge in [0, 0.05) is 12.6 Å². The molecule has 0 rings (SSSR count). The van der Waals surface area contributed by atoms with Crippen molar-refractivity contribution in [1.29, 1.82) is 0 Å². The molecule has 74 valence electrons. The van der Waals surface area contributed by atoms with Crippen LogP contribution in [0.5, 0.6) is 0 Å². The van der Waals surface area contributed by atoms with Crippen molar-refractivity contribution in [3.05, 3.63) is 0 Å². The van der Waals surface area contributed by atoms with E-state index in [2.05, 4.69) is 19.2 Å². The molecule has 0 aromatic rings. The van der Waals surface area contributed by atoms with Crippen LogP contribution in [0.25, 0.3) is 0 Å². The zero-order chi connectivity index (χ0) is 9.23. The summed E-state index contributed by atoms with van der Waals surface area (Å²) in [4.78, 5) is 0. The van der Waals surface area contributed by atoms with E-state index in [-0.39, 0.29) is 6.61 Å². The van der Waals surface area contributed by atoms with Crippen LogP contribution in [-0.4, -0.2) is 35.8 Å². The van der Waals surface area contributed by atoms with Crippen LogP contribution in [0.15, 0.2) is 0 Å². The van der Waals surface area contributed by atoms with E-state index in [1.165, 1.54) is 17.9 Å². The van der Waals surface area contributed by atoms with E-state index in [0.717, 1.165) is 13.0 Å². The third-order valence-corrected chi connectivity index (χ3v) is 2.71. The molecule has 0 aromatic heterocycles. The third kappa shape index (κ3) is 8.37. The number of aliphatic hydroxyl groups is 1. The second-order valence-corrected chi connectivity index (χ2v) is 4.31. The van der Waals surface area contributed by atoms with Gasteiger partial charge >= 0.3 is 0 Å². The third-order valence-electron chi connectivity index (χ3n) is 1.72. The quantitative estimate of drug-likeness (QED) is 0.570. The van der Waals surface area contributed by atoms with E-state index in [0.29, 0.717) is 6.04 Å². The molecular formula is C9H21NOS. The van der Waals surface area contributed by atoms with Crippen LogP contribution in [0.1, 0.15) is 26.7 Å². The maximum absolute atomic E-state index is 8.63.